The van der Waals surface area contributed by atoms with Gasteiger partial charge in [-0.1, -0.05) is 6.07 Å². The number of nitrogen functional groups attached to an aromatic ring is 1. The average Bonchev–Trinajstić information content (AvgIpc) is 2.45. The van der Waals surface area contributed by atoms with Crippen LogP contribution < -0.4 is 11.3 Å². The Labute approximate surface area is 124 Å². The SMILES string of the molecule is CC1CSCCN1C(=O)c1cccc(C(F)(F)F)c1NN. The van der Waals surface area contributed by atoms with Gasteiger partial charge < -0.3 is 10.3 Å². The molecule has 1 aromatic carbocycles. The largest absolute Gasteiger partial charge is 0.418 e. The molecule has 1 amide bonds. The van der Waals surface area contributed by atoms with Crippen molar-refractivity contribution >= 4 is 23.4 Å². The van der Waals surface area contributed by atoms with Gasteiger partial charge in [0.1, 0.15) is 0 Å². The van der Waals surface area contributed by atoms with E-state index in [2.05, 4.69) is 0 Å². The normalized spacial score (nSPS) is 19.5. The monoisotopic (exact) mass is 319 g/mol. The van der Waals surface area contributed by atoms with Gasteiger partial charge in [-0.3, -0.25) is 10.6 Å². The fourth-order valence-corrected chi connectivity index (χ4v) is 3.32. The zero-order chi connectivity index (χ0) is 15.6. The van der Waals surface area contributed by atoms with Gasteiger partial charge in [-0.25, -0.2) is 0 Å². The molecule has 116 valence electrons. The summed E-state index contributed by atoms with van der Waals surface area (Å²) in [5.41, 5.74) is 0.673. The predicted molar refractivity (Wildman–Crippen MR) is 77.1 cm³/mol. The lowest BCUT2D eigenvalue weighted by atomic mass is 10.0. The fourth-order valence-electron chi connectivity index (χ4n) is 2.31. The zero-order valence-corrected chi connectivity index (χ0v) is 12.2. The molecule has 1 aromatic rings. The van der Waals surface area contributed by atoms with Gasteiger partial charge in [0.2, 0.25) is 0 Å². The van der Waals surface area contributed by atoms with Gasteiger partial charge in [0.15, 0.2) is 0 Å². The molecule has 2 rings (SSSR count). The molecule has 21 heavy (non-hydrogen) atoms. The highest BCUT2D eigenvalue weighted by Crippen LogP contribution is 2.36. The van der Waals surface area contributed by atoms with E-state index >= 15 is 0 Å². The molecule has 1 saturated heterocycles. The number of hydrazine groups is 1. The molecule has 0 aromatic heterocycles. The molecule has 0 bridgehead atoms. The number of alkyl halides is 3. The van der Waals surface area contributed by atoms with Gasteiger partial charge in [-0.2, -0.15) is 24.9 Å². The summed E-state index contributed by atoms with van der Waals surface area (Å²) in [5.74, 6) is 6.35. The standard InChI is InChI=1S/C13H16F3N3OS/c1-8-7-21-6-5-19(8)12(20)9-3-2-4-10(11(9)18-17)13(14,15)16/h2-4,8,18H,5-7,17H2,1H3. The Hall–Kier alpha value is -1.41. The summed E-state index contributed by atoms with van der Waals surface area (Å²) < 4.78 is 38.9. The van der Waals surface area contributed by atoms with E-state index in [0.717, 1.165) is 17.6 Å². The molecule has 0 spiro atoms. The highest BCUT2D eigenvalue weighted by Gasteiger charge is 2.36. The Bertz CT molecular complexity index is 536. The second-order valence-electron chi connectivity index (χ2n) is 4.79. The van der Waals surface area contributed by atoms with Crippen molar-refractivity contribution in [2.45, 2.75) is 19.1 Å². The van der Waals surface area contributed by atoms with E-state index in [-0.39, 0.29) is 17.3 Å². The van der Waals surface area contributed by atoms with Crippen molar-refractivity contribution in [2.75, 3.05) is 23.5 Å². The Kier molecular flexibility index (Phi) is 4.67. The van der Waals surface area contributed by atoms with Gasteiger partial charge >= 0.3 is 6.18 Å². The first kappa shape index (κ1) is 16.0. The maximum atomic E-state index is 13.0. The van der Waals surface area contributed by atoms with Crippen LogP contribution >= 0.6 is 11.8 Å². The van der Waals surface area contributed by atoms with Gasteiger partial charge in [-0.05, 0) is 19.1 Å². The molecule has 0 radical (unpaired) electrons. The molecule has 4 nitrogen and oxygen atoms in total. The third kappa shape index (κ3) is 3.26. The van der Waals surface area contributed by atoms with Crippen molar-refractivity contribution in [3.8, 4) is 0 Å². The molecule has 0 saturated carbocycles. The number of para-hydroxylation sites is 1. The quantitative estimate of drug-likeness (QED) is 0.650. The molecule has 1 unspecified atom stereocenters. The van der Waals surface area contributed by atoms with Crippen molar-refractivity contribution in [1.29, 1.82) is 0 Å². The summed E-state index contributed by atoms with van der Waals surface area (Å²) >= 11 is 1.72. The smallest absolute Gasteiger partial charge is 0.334 e. The highest BCUT2D eigenvalue weighted by atomic mass is 32.2. The van der Waals surface area contributed by atoms with E-state index in [0.29, 0.717) is 6.54 Å². The van der Waals surface area contributed by atoms with Crippen molar-refractivity contribution in [1.82, 2.24) is 4.90 Å². The number of rotatable bonds is 2. The molecule has 1 atom stereocenters. The van der Waals surface area contributed by atoms with Crippen LogP contribution in [0.5, 0.6) is 0 Å². The van der Waals surface area contributed by atoms with Crippen molar-refractivity contribution in [3.05, 3.63) is 29.3 Å². The summed E-state index contributed by atoms with van der Waals surface area (Å²) in [6.45, 7) is 2.40. The minimum Gasteiger partial charge on any atom is -0.334 e. The maximum Gasteiger partial charge on any atom is 0.418 e. The van der Waals surface area contributed by atoms with Crippen molar-refractivity contribution in [3.63, 3.8) is 0 Å². The number of carbonyl (C=O) groups is 1. The number of benzene rings is 1. The van der Waals surface area contributed by atoms with E-state index < -0.39 is 17.6 Å². The molecule has 3 N–H and O–H groups in total. The number of carbonyl (C=O) groups excluding carboxylic acids is 1. The van der Waals surface area contributed by atoms with Gasteiger partial charge in [0.25, 0.3) is 5.91 Å². The second kappa shape index (κ2) is 6.15. The van der Waals surface area contributed by atoms with Crippen molar-refractivity contribution < 1.29 is 18.0 Å². The lowest BCUT2D eigenvalue weighted by Gasteiger charge is -2.33. The average molecular weight is 319 g/mol. The van der Waals surface area contributed by atoms with E-state index in [1.165, 1.54) is 12.1 Å². The zero-order valence-electron chi connectivity index (χ0n) is 11.4. The number of nitrogens with one attached hydrogen (secondary N) is 1. The van der Waals surface area contributed by atoms with Crippen LogP contribution in [0.4, 0.5) is 18.9 Å². The summed E-state index contributed by atoms with van der Waals surface area (Å²) in [4.78, 5) is 14.1. The molecule has 8 heteroatoms. The van der Waals surface area contributed by atoms with E-state index in [1.54, 1.807) is 16.7 Å². The summed E-state index contributed by atoms with van der Waals surface area (Å²) in [6, 6.07) is 3.47. The number of hydrogen-bond acceptors (Lipinski definition) is 4. The fraction of sp³-hybridized carbons (Fsp3) is 0.462. The van der Waals surface area contributed by atoms with Crippen LogP contribution in [-0.4, -0.2) is 34.9 Å². The van der Waals surface area contributed by atoms with Crippen LogP contribution in [0.3, 0.4) is 0 Å². The Balaban J connectivity index is 2.41. The second-order valence-corrected chi connectivity index (χ2v) is 5.94. The lowest BCUT2D eigenvalue weighted by Crippen LogP contribution is -2.44. The maximum absolute atomic E-state index is 13.0. The van der Waals surface area contributed by atoms with Crippen molar-refractivity contribution in [2.24, 2.45) is 5.84 Å². The number of halogens is 3. The van der Waals surface area contributed by atoms with Crippen LogP contribution in [0.25, 0.3) is 0 Å². The minimum atomic E-state index is -4.57. The van der Waals surface area contributed by atoms with Crippen LogP contribution in [0.1, 0.15) is 22.8 Å². The van der Waals surface area contributed by atoms with Crippen LogP contribution in [-0.2, 0) is 6.18 Å². The number of nitrogens with two attached hydrogens (primary N) is 1. The van der Waals surface area contributed by atoms with Crippen LogP contribution in [0.2, 0.25) is 0 Å². The molecular formula is C13H16F3N3OS. The molecule has 1 fully saturated rings. The van der Waals surface area contributed by atoms with E-state index in [9.17, 15) is 18.0 Å². The number of amides is 1. The lowest BCUT2D eigenvalue weighted by molar-refractivity contribution is -0.137. The molecule has 1 aliphatic heterocycles. The van der Waals surface area contributed by atoms with Gasteiger partial charge in [-0.15, -0.1) is 0 Å². The molecule has 0 aliphatic carbocycles. The summed E-state index contributed by atoms with van der Waals surface area (Å²) in [6.07, 6.45) is -4.57. The van der Waals surface area contributed by atoms with E-state index in [4.69, 9.17) is 5.84 Å². The highest BCUT2D eigenvalue weighted by molar-refractivity contribution is 7.99. The van der Waals surface area contributed by atoms with Gasteiger partial charge in [0, 0.05) is 24.1 Å². The molecular weight excluding hydrogens is 303 g/mol. The first-order chi connectivity index (χ1) is 9.86. The summed E-state index contributed by atoms with van der Waals surface area (Å²) in [7, 11) is 0. The Morgan fingerprint density at radius 3 is 2.76 bits per heavy atom. The van der Waals surface area contributed by atoms with Crippen LogP contribution in [0, 0.1) is 0 Å². The number of nitrogens with zero attached hydrogens (tertiary/aromatic N) is 1. The Morgan fingerprint density at radius 1 is 1.48 bits per heavy atom. The van der Waals surface area contributed by atoms with Gasteiger partial charge in [0.05, 0.1) is 16.8 Å². The Morgan fingerprint density at radius 2 is 2.19 bits per heavy atom. The number of thioether (sulfide) groups is 1. The van der Waals surface area contributed by atoms with Crippen LogP contribution in [0.15, 0.2) is 18.2 Å². The van der Waals surface area contributed by atoms with E-state index in [1.807, 2.05) is 12.3 Å². The molecule has 1 aliphatic rings. The minimum absolute atomic E-state index is 0.0172. The third-order valence-corrected chi connectivity index (χ3v) is 4.56. The first-order valence-electron chi connectivity index (χ1n) is 6.41. The number of hydrogen-bond donors (Lipinski definition) is 2. The summed E-state index contributed by atoms with van der Waals surface area (Å²) in [5, 5.41) is 0. The topological polar surface area (TPSA) is 58.4 Å². The first-order valence-corrected chi connectivity index (χ1v) is 7.57. The molecule has 1 heterocycles. The third-order valence-electron chi connectivity index (χ3n) is 3.37. The number of anilines is 1. The predicted octanol–water partition coefficient (Wildman–Crippen LogP) is 2.57.